The number of hydrogen-bond acceptors (Lipinski definition) is 2. The molecule has 0 aromatic heterocycles. The van der Waals surface area contributed by atoms with Gasteiger partial charge in [0.25, 0.3) is 0 Å². The number of nitrogens with one attached hydrogen (secondary N) is 1. The molecule has 112 valence electrons. The van der Waals surface area contributed by atoms with Crippen LogP contribution in [0.5, 0.6) is 0 Å². The monoisotopic (exact) mass is 275 g/mol. The molecule has 2 rings (SSSR count). The van der Waals surface area contributed by atoms with Gasteiger partial charge in [0.05, 0.1) is 12.1 Å². The Labute approximate surface area is 123 Å². The van der Waals surface area contributed by atoms with Gasteiger partial charge >= 0.3 is 0 Å². The van der Waals surface area contributed by atoms with Crippen LogP contribution in [-0.4, -0.2) is 20.3 Å². The van der Waals surface area contributed by atoms with Crippen LogP contribution in [-0.2, 0) is 4.74 Å². The topological polar surface area (TPSA) is 21.3 Å². The molecule has 1 fully saturated rings. The van der Waals surface area contributed by atoms with Crippen molar-refractivity contribution in [3.63, 3.8) is 0 Å². The average Bonchev–Trinajstić information content (AvgIpc) is 2.48. The van der Waals surface area contributed by atoms with Crippen molar-refractivity contribution in [3.05, 3.63) is 34.9 Å². The second-order valence-corrected chi connectivity index (χ2v) is 6.22. The highest BCUT2D eigenvalue weighted by atomic mass is 16.5. The lowest BCUT2D eigenvalue weighted by Gasteiger charge is -2.35. The van der Waals surface area contributed by atoms with Gasteiger partial charge in [-0.25, -0.2) is 0 Å². The molecule has 1 aliphatic rings. The molecule has 0 saturated heterocycles. The molecular formula is C18H29NO. The van der Waals surface area contributed by atoms with Crippen LogP contribution in [0.25, 0.3) is 0 Å². The quantitative estimate of drug-likeness (QED) is 0.871. The molecule has 1 N–H and O–H groups in total. The van der Waals surface area contributed by atoms with Gasteiger partial charge in [-0.15, -0.1) is 0 Å². The number of aryl methyl sites for hydroxylation is 2. The highest BCUT2D eigenvalue weighted by Crippen LogP contribution is 2.35. The first kappa shape index (κ1) is 15.5. The van der Waals surface area contributed by atoms with Crippen LogP contribution < -0.4 is 5.32 Å². The first-order chi connectivity index (χ1) is 9.67. The van der Waals surface area contributed by atoms with Gasteiger partial charge in [-0.05, 0) is 50.8 Å². The van der Waals surface area contributed by atoms with E-state index in [0.717, 1.165) is 0 Å². The van der Waals surface area contributed by atoms with E-state index in [-0.39, 0.29) is 6.10 Å². The molecule has 2 nitrogen and oxygen atoms in total. The molecule has 2 atom stereocenters. The van der Waals surface area contributed by atoms with Crippen molar-refractivity contribution < 1.29 is 4.74 Å². The van der Waals surface area contributed by atoms with Crippen LogP contribution in [0.4, 0.5) is 0 Å². The Morgan fingerprint density at radius 2 is 1.85 bits per heavy atom. The maximum Gasteiger partial charge on any atom is 0.0794 e. The largest absolute Gasteiger partial charge is 0.379 e. The van der Waals surface area contributed by atoms with E-state index in [1.54, 1.807) is 0 Å². The summed E-state index contributed by atoms with van der Waals surface area (Å²) in [7, 11) is 3.93. The van der Waals surface area contributed by atoms with Gasteiger partial charge in [0.1, 0.15) is 0 Å². The lowest BCUT2D eigenvalue weighted by Crippen LogP contribution is -2.38. The van der Waals surface area contributed by atoms with Crippen molar-refractivity contribution in [1.82, 2.24) is 5.32 Å². The number of hydrogen-bond donors (Lipinski definition) is 1. The molecular weight excluding hydrogens is 246 g/mol. The van der Waals surface area contributed by atoms with E-state index in [2.05, 4.69) is 44.4 Å². The van der Waals surface area contributed by atoms with E-state index < -0.39 is 0 Å². The zero-order valence-electron chi connectivity index (χ0n) is 13.4. The van der Waals surface area contributed by atoms with Gasteiger partial charge in [-0.2, -0.15) is 0 Å². The summed E-state index contributed by atoms with van der Waals surface area (Å²) in [5.74, 6) is 0.686. The van der Waals surface area contributed by atoms with Gasteiger partial charge in [-0.3, -0.25) is 0 Å². The predicted octanol–water partition coefficient (Wildman–Crippen LogP) is 4.16. The number of likely N-dealkylation sites (N-methyl/N-ethyl adjacent to an activating group) is 1. The minimum Gasteiger partial charge on any atom is -0.379 e. The Morgan fingerprint density at radius 3 is 2.45 bits per heavy atom. The zero-order valence-corrected chi connectivity index (χ0v) is 13.4. The average molecular weight is 275 g/mol. The Kier molecular flexibility index (Phi) is 5.62. The molecule has 0 aliphatic heterocycles. The standard InChI is InChI=1S/C18H29NO/c1-13-10-11-14(2)16(12-13)17(19-3)18(20-4)15-8-6-5-7-9-15/h10-12,15,17-19H,5-9H2,1-4H3. The molecule has 1 aliphatic carbocycles. The van der Waals surface area contributed by atoms with Crippen molar-refractivity contribution in [2.24, 2.45) is 5.92 Å². The second-order valence-electron chi connectivity index (χ2n) is 6.22. The Balaban J connectivity index is 2.26. The van der Waals surface area contributed by atoms with Crippen molar-refractivity contribution in [2.45, 2.75) is 58.1 Å². The number of methoxy groups -OCH3 is 1. The van der Waals surface area contributed by atoms with E-state index in [9.17, 15) is 0 Å². The molecule has 0 heterocycles. The van der Waals surface area contributed by atoms with Crippen LogP contribution in [0.1, 0.15) is 54.8 Å². The molecule has 0 bridgehead atoms. The third-order valence-corrected chi connectivity index (χ3v) is 4.80. The van der Waals surface area contributed by atoms with E-state index in [4.69, 9.17) is 4.74 Å². The minimum atomic E-state index is 0.279. The maximum atomic E-state index is 5.93. The highest BCUT2D eigenvalue weighted by Gasteiger charge is 2.31. The van der Waals surface area contributed by atoms with E-state index >= 15 is 0 Å². The molecule has 0 amide bonds. The normalized spacial score (nSPS) is 19.8. The molecule has 0 radical (unpaired) electrons. The maximum absolute atomic E-state index is 5.93. The van der Waals surface area contributed by atoms with Crippen molar-refractivity contribution in [2.75, 3.05) is 14.2 Å². The van der Waals surface area contributed by atoms with E-state index in [1.807, 2.05) is 7.11 Å². The van der Waals surface area contributed by atoms with Crippen LogP contribution in [0, 0.1) is 19.8 Å². The molecule has 2 unspecified atom stereocenters. The zero-order chi connectivity index (χ0) is 14.5. The fourth-order valence-corrected chi connectivity index (χ4v) is 3.66. The predicted molar refractivity (Wildman–Crippen MR) is 85.1 cm³/mol. The van der Waals surface area contributed by atoms with Crippen molar-refractivity contribution in [1.29, 1.82) is 0 Å². The molecule has 20 heavy (non-hydrogen) atoms. The van der Waals surface area contributed by atoms with Gasteiger partial charge < -0.3 is 10.1 Å². The molecule has 1 saturated carbocycles. The van der Waals surface area contributed by atoms with Gasteiger partial charge in [0.15, 0.2) is 0 Å². The summed E-state index contributed by atoms with van der Waals surface area (Å²) < 4.78 is 5.93. The molecule has 0 spiro atoms. The van der Waals surface area contributed by atoms with Crippen molar-refractivity contribution >= 4 is 0 Å². The summed E-state index contributed by atoms with van der Waals surface area (Å²) in [6.07, 6.45) is 6.99. The van der Waals surface area contributed by atoms with Crippen LogP contribution in [0.2, 0.25) is 0 Å². The first-order valence-corrected chi connectivity index (χ1v) is 7.94. The van der Waals surface area contributed by atoms with E-state index in [0.29, 0.717) is 12.0 Å². The fraction of sp³-hybridized carbons (Fsp3) is 0.667. The smallest absolute Gasteiger partial charge is 0.0794 e. The Morgan fingerprint density at radius 1 is 1.15 bits per heavy atom. The number of rotatable bonds is 5. The van der Waals surface area contributed by atoms with Crippen LogP contribution in [0.15, 0.2) is 18.2 Å². The molecule has 2 heteroatoms. The molecule has 1 aromatic carbocycles. The minimum absolute atomic E-state index is 0.279. The van der Waals surface area contributed by atoms with Crippen LogP contribution >= 0.6 is 0 Å². The molecule has 1 aromatic rings. The summed E-state index contributed by atoms with van der Waals surface area (Å²) in [6.45, 7) is 4.37. The van der Waals surface area contributed by atoms with Crippen molar-refractivity contribution in [3.8, 4) is 0 Å². The summed E-state index contributed by atoms with van der Waals surface area (Å²) in [5, 5.41) is 3.51. The lowest BCUT2D eigenvalue weighted by molar-refractivity contribution is 0.00925. The van der Waals surface area contributed by atoms with Gasteiger partial charge in [0.2, 0.25) is 0 Å². The fourth-order valence-electron chi connectivity index (χ4n) is 3.66. The van der Waals surface area contributed by atoms with E-state index in [1.165, 1.54) is 48.8 Å². The third-order valence-electron chi connectivity index (χ3n) is 4.80. The second kappa shape index (κ2) is 7.24. The highest BCUT2D eigenvalue weighted by molar-refractivity contribution is 5.33. The Hall–Kier alpha value is -0.860. The van der Waals surface area contributed by atoms with Gasteiger partial charge in [-0.1, -0.05) is 43.0 Å². The third kappa shape index (κ3) is 3.42. The first-order valence-electron chi connectivity index (χ1n) is 7.94. The summed E-state index contributed by atoms with van der Waals surface area (Å²) in [5.41, 5.74) is 4.07. The summed E-state index contributed by atoms with van der Waals surface area (Å²) >= 11 is 0. The SMILES string of the molecule is CNC(c1cc(C)ccc1C)C(OC)C1CCCCC1. The number of ether oxygens (including phenoxy) is 1. The van der Waals surface area contributed by atoms with Crippen LogP contribution in [0.3, 0.4) is 0 Å². The Bertz CT molecular complexity index is 423. The van der Waals surface area contributed by atoms with Gasteiger partial charge in [0, 0.05) is 7.11 Å². The summed E-state index contributed by atoms with van der Waals surface area (Å²) in [6, 6.07) is 7.02. The number of benzene rings is 1. The lowest BCUT2D eigenvalue weighted by atomic mass is 9.80. The summed E-state index contributed by atoms with van der Waals surface area (Å²) in [4.78, 5) is 0.